The zero-order valence-corrected chi connectivity index (χ0v) is 16.2. The van der Waals surface area contributed by atoms with Crippen molar-refractivity contribution in [1.82, 2.24) is 0 Å². The van der Waals surface area contributed by atoms with E-state index in [0.717, 1.165) is 12.0 Å². The second-order valence-electron chi connectivity index (χ2n) is 7.63. The van der Waals surface area contributed by atoms with Crippen LogP contribution in [0.25, 0.3) is 17.0 Å². The quantitative estimate of drug-likeness (QED) is 0.599. The summed E-state index contributed by atoms with van der Waals surface area (Å²) in [4.78, 5) is 12.2. The third-order valence-corrected chi connectivity index (χ3v) is 4.97. The monoisotopic (exact) mass is 370 g/mol. The summed E-state index contributed by atoms with van der Waals surface area (Å²) in [6.07, 6.45) is 5.65. The molecule has 5 nitrogen and oxygen atoms in total. The first-order chi connectivity index (χ1) is 12.7. The zero-order chi connectivity index (χ0) is 19.9. The van der Waals surface area contributed by atoms with Gasteiger partial charge in [-0.25, -0.2) is 4.79 Å². The average Bonchev–Trinajstić information content (AvgIpc) is 2.59. The number of aromatic hydroxyl groups is 1. The van der Waals surface area contributed by atoms with Gasteiger partial charge in [0.2, 0.25) is 0 Å². The molecule has 0 saturated carbocycles. The minimum Gasteiger partial charge on any atom is -0.507 e. The second-order valence-corrected chi connectivity index (χ2v) is 7.63. The molecule has 0 bridgehead atoms. The Bertz CT molecular complexity index is 981. The number of hydrogen-bond donors (Lipinski definition) is 2. The van der Waals surface area contributed by atoms with Gasteiger partial charge in [-0.3, -0.25) is 0 Å². The van der Waals surface area contributed by atoms with Gasteiger partial charge in [0.05, 0.1) is 22.6 Å². The van der Waals surface area contributed by atoms with E-state index in [9.17, 15) is 15.0 Å². The summed E-state index contributed by atoms with van der Waals surface area (Å²) in [5.74, 6) is -0.00568. The molecule has 0 spiro atoms. The van der Waals surface area contributed by atoms with Crippen molar-refractivity contribution in [2.75, 3.05) is 0 Å². The molecule has 0 fully saturated rings. The molecule has 1 aromatic carbocycles. The molecule has 2 aromatic rings. The lowest BCUT2D eigenvalue weighted by Crippen LogP contribution is -2.28. The van der Waals surface area contributed by atoms with Crippen molar-refractivity contribution in [3.8, 4) is 11.5 Å². The van der Waals surface area contributed by atoms with E-state index in [1.165, 1.54) is 6.07 Å². The highest BCUT2D eigenvalue weighted by Crippen LogP contribution is 2.48. The van der Waals surface area contributed by atoms with E-state index in [2.05, 4.69) is 6.58 Å². The third kappa shape index (κ3) is 3.28. The molecule has 5 heteroatoms. The molecule has 27 heavy (non-hydrogen) atoms. The molecule has 1 aromatic heterocycles. The Morgan fingerprint density at radius 2 is 2.07 bits per heavy atom. The Balaban J connectivity index is 2.48. The molecule has 1 aliphatic heterocycles. The van der Waals surface area contributed by atoms with Crippen molar-refractivity contribution in [2.24, 2.45) is 5.92 Å². The van der Waals surface area contributed by atoms with E-state index in [1.807, 2.05) is 26.8 Å². The van der Waals surface area contributed by atoms with Gasteiger partial charge in [0.1, 0.15) is 17.1 Å². The normalized spacial score (nSPS) is 17.2. The summed E-state index contributed by atoms with van der Waals surface area (Å²) in [6.45, 7) is 11.3. The van der Waals surface area contributed by atoms with Crippen molar-refractivity contribution in [2.45, 2.75) is 52.2 Å². The highest BCUT2D eigenvalue weighted by atomic mass is 16.5. The van der Waals surface area contributed by atoms with Crippen LogP contribution >= 0.6 is 0 Å². The average molecular weight is 370 g/mol. The molecule has 0 saturated heterocycles. The molecule has 3 rings (SSSR count). The number of aliphatic hydroxyl groups is 1. The summed E-state index contributed by atoms with van der Waals surface area (Å²) >= 11 is 0. The van der Waals surface area contributed by atoms with Crippen LogP contribution in [0.15, 0.2) is 34.0 Å². The van der Waals surface area contributed by atoms with E-state index < -0.39 is 17.3 Å². The van der Waals surface area contributed by atoms with Gasteiger partial charge >= 0.3 is 5.63 Å². The highest BCUT2D eigenvalue weighted by Gasteiger charge is 2.33. The van der Waals surface area contributed by atoms with Gasteiger partial charge in [0.25, 0.3) is 0 Å². The fourth-order valence-electron chi connectivity index (χ4n) is 3.45. The van der Waals surface area contributed by atoms with E-state index in [0.29, 0.717) is 23.1 Å². The first-order valence-corrected chi connectivity index (χ1v) is 9.24. The van der Waals surface area contributed by atoms with Crippen LogP contribution in [-0.2, 0) is 6.42 Å². The minimum absolute atomic E-state index is 0.137. The predicted molar refractivity (Wildman–Crippen MR) is 106 cm³/mol. The van der Waals surface area contributed by atoms with E-state index >= 15 is 0 Å². The maximum Gasteiger partial charge on any atom is 0.336 e. The topological polar surface area (TPSA) is 79.9 Å². The molecule has 144 valence electrons. The molecule has 0 radical (unpaired) electrons. The maximum atomic E-state index is 12.2. The van der Waals surface area contributed by atoms with Gasteiger partial charge in [-0.05, 0) is 38.0 Å². The number of phenols is 1. The van der Waals surface area contributed by atoms with Gasteiger partial charge in [-0.15, -0.1) is 6.58 Å². The van der Waals surface area contributed by atoms with Crippen molar-refractivity contribution < 1.29 is 19.4 Å². The largest absolute Gasteiger partial charge is 0.507 e. The number of phenolic OH excluding ortho intramolecular Hbond substituents is 1. The first kappa shape index (κ1) is 19.2. The number of hydrogen-bond acceptors (Lipinski definition) is 5. The van der Waals surface area contributed by atoms with Gasteiger partial charge in [-0.2, -0.15) is 0 Å². The SMILES string of the molecule is C=C[C@@H](C)[C@H](O)c1c(O)c2c(c3c(CCC)cc(=O)oc13)OC(C)(C)C=C2. The van der Waals surface area contributed by atoms with Crippen molar-refractivity contribution >= 4 is 17.0 Å². The summed E-state index contributed by atoms with van der Waals surface area (Å²) in [6, 6.07) is 1.46. The smallest absolute Gasteiger partial charge is 0.336 e. The molecular formula is C22H26O5. The number of rotatable bonds is 5. The Labute approximate surface area is 158 Å². The number of ether oxygens (including phenoxy) is 1. The van der Waals surface area contributed by atoms with E-state index in [4.69, 9.17) is 9.15 Å². The Hall–Kier alpha value is -2.53. The maximum absolute atomic E-state index is 12.2. The van der Waals surface area contributed by atoms with Crippen LogP contribution in [0.3, 0.4) is 0 Å². The van der Waals surface area contributed by atoms with Crippen molar-refractivity contribution in [1.29, 1.82) is 0 Å². The van der Waals surface area contributed by atoms with Crippen LogP contribution in [0.5, 0.6) is 11.5 Å². The molecule has 2 atom stereocenters. The third-order valence-electron chi connectivity index (χ3n) is 4.97. The van der Waals surface area contributed by atoms with E-state index in [1.54, 1.807) is 19.1 Å². The Morgan fingerprint density at radius 3 is 2.70 bits per heavy atom. The van der Waals surface area contributed by atoms with Crippen molar-refractivity contribution in [3.05, 3.63) is 51.9 Å². The van der Waals surface area contributed by atoms with Crippen molar-refractivity contribution in [3.63, 3.8) is 0 Å². The number of aryl methyl sites for hydroxylation is 1. The number of fused-ring (bicyclic) bond motifs is 3. The highest BCUT2D eigenvalue weighted by molar-refractivity contribution is 5.96. The van der Waals surface area contributed by atoms with Gasteiger partial charge in [0.15, 0.2) is 5.58 Å². The van der Waals surface area contributed by atoms with Crippen LogP contribution in [0.1, 0.15) is 56.9 Å². The minimum atomic E-state index is -1.07. The lowest BCUT2D eigenvalue weighted by atomic mass is 9.89. The van der Waals surface area contributed by atoms with Gasteiger partial charge in [-0.1, -0.05) is 26.3 Å². The molecule has 0 amide bonds. The zero-order valence-electron chi connectivity index (χ0n) is 16.2. The Morgan fingerprint density at radius 1 is 1.37 bits per heavy atom. The summed E-state index contributed by atoms with van der Waals surface area (Å²) in [7, 11) is 0. The summed E-state index contributed by atoms with van der Waals surface area (Å²) < 4.78 is 11.6. The van der Waals surface area contributed by atoms with E-state index in [-0.39, 0.29) is 22.8 Å². The molecular weight excluding hydrogens is 344 g/mol. The molecule has 0 unspecified atom stereocenters. The molecule has 2 heterocycles. The van der Waals surface area contributed by atoms with Crippen LogP contribution in [0, 0.1) is 5.92 Å². The number of aliphatic hydroxyl groups excluding tert-OH is 1. The lowest BCUT2D eigenvalue weighted by Gasteiger charge is -2.31. The molecule has 0 aliphatic carbocycles. The second kappa shape index (κ2) is 6.89. The van der Waals surface area contributed by atoms with Crippen LogP contribution in [0.2, 0.25) is 0 Å². The van der Waals surface area contributed by atoms with Crippen LogP contribution < -0.4 is 10.4 Å². The summed E-state index contributed by atoms with van der Waals surface area (Å²) in [5.41, 5.74) is 0.550. The lowest BCUT2D eigenvalue weighted by molar-refractivity contribution is 0.135. The standard InChI is InChI=1S/C22H26O5/c1-6-8-13-11-15(23)26-21-16(13)20-14(9-10-22(4,5)27-20)19(25)17(21)18(24)12(3)7-2/h7,9-12,18,24-25H,2,6,8H2,1,3-5H3/t12-,18+/m1/s1. The molecule has 1 aliphatic rings. The Kier molecular flexibility index (Phi) is 4.91. The predicted octanol–water partition coefficient (Wildman–Crippen LogP) is 4.49. The summed E-state index contributed by atoms with van der Waals surface area (Å²) in [5, 5.41) is 22.4. The van der Waals surface area contributed by atoms with Crippen LogP contribution in [0.4, 0.5) is 0 Å². The first-order valence-electron chi connectivity index (χ1n) is 9.24. The fraction of sp³-hybridized carbons (Fsp3) is 0.409. The number of benzene rings is 1. The fourth-order valence-corrected chi connectivity index (χ4v) is 3.45. The van der Waals surface area contributed by atoms with Crippen LogP contribution in [-0.4, -0.2) is 15.8 Å². The van der Waals surface area contributed by atoms with Gasteiger partial charge < -0.3 is 19.4 Å². The van der Waals surface area contributed by atoms with Gasteiger partial charge in [0, 0.05) is 12.0 Å². The molecule has 2 N–H and O–H groups in total.